The highest BCUT2D eigenvalue weighted by atomic mass is 32.2. The SMILES string of the molecule is C/C=C(/CN)SC. The van der Waals surface area contributed by atoms with E-state index in [1.165, 1.54) is 4.91 Å². The maximum Gasteiger partial charge on any atom is 0.0235 e. The van der Waals surface area contributed by atoms with Crippen LogP contribution in [0.2, 0.25) is 0 Å². The summed E-state index contributed by atoms with van der Waals surface area (Å²) in [6.07, 6.45) is 4.06. The van der Waals surface area contributed by atoms with Gasteiger partial charge in [0.25, 0.3) is 0 Å². The van der Waals surface area contributed by atoms with Gasteiger partial charge in [-0.1, -0.05) is 6.08 Å². The molecule has 0 aliphatic rings. The van der Waals surface area contributed by atoms with Crippen LogP contribution < -0.4 is 5.73 Å². The molecule has 0 fully saturated rings. The molecule has 0 atom stereocenters. The van der Waals surface area contributed by atoms with Crippen molar-refractivity contribution in [1.29, 1.82) is 0 Å². The number of allylic oxidation sites excluding steroid dienone is 1. The quantitative estimate of drug-likeness (QED) is 0.588. The van der Waals surface area contributed by atoms with E-state index < -0.39 is 0 Å². The Morgan fingerprint density at radius 1 is 1.86 bits per heavy atom. The van der Waals surface area contributed by atoms with E-state index in [2.05, 4.69) is 0 Å². The van der Waals surface area contributed by atoms with Gasteiger partial charge in [0.05, 0.1) is 0 Å². The lowest BCUT2D eigenvalue weighted by molar-refractivity contribution is 1.23. The molecular weight excluding hydrogens is 106 g/mol. The van der Waals surface area contributed by atoms with Gasteiger partial charge in [-0.3, -0.25) is 0 Å². The fourth-order valence-electron chi connectivity index (χ4n) is 0.319. The molecule has 0 aromatic carbocycles. The number of hydrogen-bond acceptors (Lipinski definition) is 2. The molecule has 0 spiro atoms. The van der Waals surface area contributed by atoms with Crippen LogP contribution in [0.25, 0.3) is 0 Å². The van der Waals surface area contributed by atoms with E-state index in [0.717, 1.165) is 0 Å². The van der Waals surface area contributed by atoms with Gasteiger partial charge in [-0.15, -0.1) is 11.8 Å². The number of nitrogens with two attached hydrogens (primary N) is 1. The molecule has 0 aliphatic heterocycles. The van der Waals surface area contributed by atoms with Crippen molar-refractivity contribution in [1.82, 2.24) is 0 Å². The van der Waals surface area contributed by atoms with Crippen LogP contribution in [0.3, 0.4) is 0 Å². The lowest BCUT2D eigenvalue weighted by Gasteiger charge is -1.93. The Hall–Kier alpha value is 0.0500. The lowest BCUT2D eigenvalue weighted by Crippen LogP contribution is -1.98. The normalized spacial score (nSPS) is 12.1. The molecule has 0 radical (unpaired) electrons. The predicted molar refractivity (Wildman–Crippen MR) is 36.3 cm³/mol. The Morgan fingerprint density at radius 2 is 2.43 bits per heavy atom. The van der Waals surface area contributed by atoms with Crippen molar-refractivity contribution >= 4 is 11.8 Å². The first-order chi connectivity index (χ1) is 3.35. The molecule has 0 aliphatic carbocycles. The molecule has 0 saturated heterocycles. The molecule has 42 valence electrons. The number of thioether (sulfide) groups is 1. The molecule has 7 heavy (non-hydrogen) atoms. The smallest absolute Gasteiger partial charge is 0.0235 e. The van der Waals surface area contributed by atoms with Crippen molar-refractivity contribution in [2.75, 3.05) is 12.8 Å². The Labute approximate surface area is 49.0 Å². The van der Waals surface area contributed by atoms with Crippen LogP contribution in [0, 0.1) is 0 Å². The van der Waals surface area contributed by atoms with Gasteiger partial charge >= 0.3 is 0 Å². The second-order valence-corrected chi connectivity index (χ2v) is 2.10. The minimum Gasteiger partial charge on any atom is -0.326 e. The summed E-state index contributed by atoms with van der Waals surface area (Å²) in [5, 5.41) is 0. The van der Waals surface area contributed by atoms with Crippen molar-refractivity contribution < 1.29 is 0 Å². The van der Waals surface area contributed by atoms with Crippen LogP contribution in [0.1, 0.15) is 6.92 Å². The third-order valence-corrected chi connectivity index (χ3v) is 1.71. The molecule has 0 unspecified atom stereocenters. The summed E-state index contributed by atoms with van der Waals surface area (Å²) < 4.78 is 0. The van der Waals surface area contributed by atoms with Crippen LogP contribution >= 0.6 is 11.8 Å². The lowest BCUT2D eigenvalue weighted by atomic mass is 10.5. The molecule has 0 heterocycles. The van der Waals surface area contributed by atoms with Gasteiger partial charge in [0.15, 0.2) is 0 Å². The molecular formula is C5H11NS. The fourth-order valence-corrected chi connectivity index (χ4v) is 0.721. The number of hydrogen-bond donors (Lipinski definition) is 1. The minimum absolute atomic E-state index is 0.678. The van der Waals surface area contributed by atoms with Crippen LogP contribution in [0.15, 0.2) is 11.0 Å². The zero-order chi connectivity index (χ0) is 5.70. The zero-order valence-corrected chi connectivity index (χ0v) is 5.59. The van der Waals surface area contributed by atoms with Gasteiger partial charge in [-0.2, -0.15) is 0 Å². The summed E-state index contributed by atoms with van der Waals surface area (Å²) in [7, 11) is 0. The largest absolute Gasteiger partial charge is 0.326 e. The Bertz CT molecular complexity index is 62.5. The van der Waals surface area contributed by atoms with Gasteiger partial charge in [-0.25, -0.2) is 0 Å². The molecule has 0 aromatic heterocycles. The van der Waals surface area contributed by atoms with Crippen LogP contribution in [0.4, 0.5) is 0 Å². The maximum atomic E-state index is 5.30. The van der Waals surface area contributed by atoms with Gasteiger partial charge < -0.3 is 5.73 Å². The minimum atomic E-state index is 0.678. The average Bonchev–Trinajstić information content (AvgIpc) is 1.72. The standard InChI is InChI=1S/C5H11NS/c1-3-5(4-6)7-2/h3H,4,6H2,1-2H3/b5-3-. The third kappa shape index (κ3) is 2.71. The molecule has 0 aromatic rings. The van der Waals surface area contributed by atoms with E-state index in [4.69, 9.17) is 5.73 Å². The van der Waals surface area contributed by atoms with Gasteiger partial charge in [-0.05, 0) is 18.1 Å². The molecule has 2 heteroatoms. The van der Waals surface area contributed by atoms with Gasteiger partial charge in [0.2, 0.25) is 0 Å². The van der Waals surface area contributed by atoms with E-state index in [0.29, 0.717) is 6.54 Å². The first-order valence-corrected chi connectivity index (χ1v) is 3.46. The Balaban J connectivity index is 3.38. The predicted octanol–water partition coefficient (Wildman–Crippen LogP) is 1.21. The highest BCUT2D eigenvalue weighted by molar-refractivity contribution is 8.02. The topological polar surface area (TPSA) is 26.0 Å². The molecule has 0 amide bonds. The van der Waals surface area contributed by atoms with Gasteiger partial charge in [0, 0.05) is 6.54 Å². The Morgan fingerprint density at radius 3 is 2.43 bits per heavy atom. The van der Waals surface area contributed by atoms with E-state index in [9.17, 15) is 0 Å². The second-order valence-electron chi connectivity index (χ2n) is 1.16. The maximum absolute atomic E-state index is 5.30. The van der Waals surface area contributed by atoms with E-state index in [1.807, 2.05) is 19.3 Å². The first-order valence-electron chi connectivity index (χ1n) is 2.24. The molecule has 0 rings (SSSR count). The first kappa shape index (κ1) is 7.05. The van der Waals surface area contributed by atoms with Crippen LogP contribution in [0.5, 0.6) is 0 Å². The van der Waals surface area contributed by atoms with E-state index in [1.54, 1.807) is 11.8 Å². The van der Waals surface area contributed by atoms with Crippen LogP contribution in [-0.2, 0) is 0 Å². The highest BCUT2D eigenvalue weighted by Crippen LogP contribution is 2.06. The molecule has 2 N–H and O–H groups in total. The Kier molecular flexibility index (Phi) is 4.25. The summed E-state index contributed by atoms with van der Waals surface area (Å²) in [6.45, 7) is 2.68. The van der Waals surface area contributed by atoms with Crippen molar-refractivity contribution in [3.05, 3.63) is 11.0 Å². The summed E-state index contributed by atoms with van der Waals surface area (Å²) in [5.41, 5.74) is 5.30. The monoisotopic (exact) mass is 117 g/mol. The molecule has 0 bridgehead atoms. The zero-order valence-electron chi connectivity index (χ0n) is 4.77. The van der Waals surface area contributed by atoms with E-state index in [-0.39, 0.29) is 0 Å². The molecule has 0 saturated carbocycles. The van der Waals surface area contributed by atoms with Crippen LogP contribution in [-0.4, -0.2) is 12.8 Å². The second kappa shape index (κ2) is 4.22. The summed E-state index contributed by atoms with van der Waals surface area (Å²) >= 11 is 1.71. The van der Waals surface area contributed by atoms with Crippen molar-refractivity contribution in [3.8, 4) is 0 Å². The fraction of sp³-hybridized carbons (Fsp3) is 0.600. The third-order valence-electron chi connectivity index (χ3n) is 0.785. The summed E-state index contributed by atoms with van der Waals surface area (Å²) in [5.74, 6) is 0. The highest BCUT2D eigenvalue weighted by Gasteiger charge is 1.82. The van der Waals surface area contributed by atoms with Gasteiger partial charge in [0.1, 0.15) is 0 Å². The van der Waals surface area contributed by atoms with Crippen molar-refractivity contribution in [3.63, 3.8) is 0 Å². The van der Waals surface area contributed by atoms with E-state index >= 15 is 0 Å². The average molecular weight is 117 g/mol. The summed E-state index contributed by atoms with van der Waals surface area (Å²) in [4.78, 5) is 1.25. The van der Waals surface area contributed by atoms with Crippen molar-refractivity contribution in [2.45, 2.75) is 6.92 Å². The van der Waals surface area contributed by atoms with Crippen molar-refractivity contribution in [2.24, 2.45) is 5.73 Å². The summed E-state index contributed by atoms with van der Waals surface area (Å²) in [6, 6.07) is 0. The number of rotatable bonds is 2. The molecule has 1 nitrogen and oxygen atoms in total.